The zero-order valence-electron chi connectivity index (χ0n) is 19.4. The predicted octanol–water partition coefficient (Wildman–Crippen LogP) is 4.41. The molecule has 0 aliphatic carbocycles. The van der Waals surface area contributed by atoms with Gasteiger partial charge in [0.15, 0.2) is 0 Å². The van der Waals surface area contributed by atoms with Gasteiger partial charge in [0.2, 0.25) is 5.91 Å². The van der Waals surface area contributed by atoms with Gasteiger partial charge in [0.05, 0.1) is 11.7 Å². The van der Waals surface area contributed by atoms with Gasteiger partial charge in [0.25, 0.3) is 0 Å². The van der Waals surface area contributed by atoms with Crippen molar-refractivity contribution in [3.05, 3.63) is 76.6 Å². The maximum absolute atomic E-state index is 14.9. The van der Waals surface area contributed by atoms with Crippen LogP contribution < -0.4 is 10.2 Å². The lowest BCUT2D eigenvalue weighted by atomic mass is 9.97. The molecule has 1 amide bonds. The predicted molar refractivity (Wildman–Crippen MR) is 132 cm³/mol. The summed E-state index contributed by atoms with van der Waals surface area (Å²) in [5.41, 5.74) is 3.33. The number of nitrogens with zero attached hydrogens (tertiary/aromatic N) is 3. The molecule has 0 saturated carbocycles. The fourth-order valence-corrected chi connectivity index (χ4v) is 4.96. The molecule has 2 aromatic carbocycles. The molecule has 4 rings (SSSR count). The molecule has 33 heavy (non-hydrogen) atoms. The summed E-state index contributed by atoms with van der Waals surface area (Å²) < 4.78 is 14.9. The molecule has 2 heterocycles. The molecule has 0 spiro atoms. The summed E-state index contributed by atoms with van der Waals surface area (Å²) in [7, 11) is 0. The van der Waals surface area contributed by atoms with Gasteiger partial charge in [-0.3, -0.25) is 9.69 Å². The van der Waals surface area contributed by atoms with E-state index in [-0.39, 0.29) is 17.8 Å². The molecule has 176 valence electrons. The van der Waals surface area contributed by atoms with Crippen LogP contribution in [0, 0.1) is 5.82 Å². The van der Waals surface area contributed by atoms with E-state index in [1.54, 1.807) is 19.1 Å². The van der Waals surface area contributed by atoms with Gasteiger partial charge in [-0.1, -0.05) is 42.4 Å². The Balaban J connectivity index is 1.62. The zero-order chi connectivity index (χ0) is 23.5. The van der Waals surface area contributed by atoms with Gasteiger partial charge >= 0.3 is 0 Å². The van der Waals surface area contributed by atoms with Crippen LogP contribution in [0.4, 0.5) is 10.1 Å². The SMILES string of the molecule is C=C(C)C(=O)N1CCN(c2ccc(Cl)cc2F)[C@H](c2ccc(C(C)N3CCNCC3)cc2)C1. The van der Waals surface area contributed by atoms with Crippen LogP contribution in [0.3, 0.4) is 0 Å². The summed E-state index contributed by atoms with van der Waals surface area (Å²) in [6.45, 7) is 13.4. The molecule has 5 nitrogen and oxygen atoms in total. The molecule has 2 atom stereocenters. The number of amides is 1. The van der Waals surface area contributed by atoms with Crippen molar-refractivity contribution >= 4 is 23.2 Å². The monoisotopic (exact) mass is 470 g/mol. The highest BCUT2D eigenvalue weighted by atomic mass is 35.5. The standard InChI is InChI=1S/C26H32ClFN4O/c1-18(2)26(33)31-14-15-32(24-9-8-22(27)16-23(24)28)25(17-31)21-6-4-20(5-7-21)19(3)30-12-10-29-11-13-30/h4-9,16,19,25,29H,1,10-15,17H2,2-3H3/t19?,25-/m0/s1. The van der Waals surface area contributed by atoms with Gasteiger partial charge < -0.3 is 15.1 Å². The van der Waals surface area contributed by atoms with Crippen molar-refractivity contribution in [3.63, 3.8) is 0 Å². The van der Waals surface area contributed by atoms with E-state index in [9.17, 15) is 9.18 Å². The molecule has 2 saturated heterocycles. The Morgan fingerprint density at radius 1 is 1.12 bits per heavy atom. The summed E-state index contributed by atoms with van der Waals surface area (Å²) in [5, 5.41) is 3.77. The Kier molecular flexibility index (Phi) is 7.37. The molecule has 1 N–H and O–H groups in total. The van der Waals surface area contributed by atoms with Gasteiger partial charge in [-0.25, -0.2) is 4.39 Å². The Morgan fingerprint density at radius 2 is 1.82 bits per heavy atom. The number of carbonyl (C=O) groups excluding carboxylic acids is 1. The number of benzene rings is 2. The third-order valence-electron chi connectivity index (χ3n) is 6.75. The maximum Gasteiger partial charge on any atom is 0.249 e. The number of carbonyl (C=O) groups is 1. The van der Waals surface area contributed by atoms with Crippen molar-refractivity contribution in [3.8, 4) is 0 Å². The number of hydrogen-bond donors (Lipinski definition) is 1. The van der Waals surface area contributed by atoms with E-state index in [2.05, 4.69) is 48.0 Å². The molecular formula is C26H32ClFN4O. The molecule has 2 fully saturated rings. The average Bonchev–Trinajstić information content (AvgIpc) is 2.83. The third kappa shape index (κ3) is 5.24. The largest absolute Gasteiger partial charge is 0.359 e. The van der Waals surface area contributed by atoms with Gasteiger partial charge in [0, 0.05) is 62.5 Å². The quantitative estimate of drug-likeness (QED) is 0.657. The number of piperazine rings is 2. The summed E-state index contributed by atoms with van der Waals surface area (Å²) in [6, 6.07) is 13.5. The Bertz CT molecular complexity index is 1010. The summed E-state index contributed by atoms with van der Waals surface area (Å²) >= 11 is 5.99. The topological polar surface area (TPSA) is 38.8 Å². The van der Waals surface area contributed by atoms with Gasteiger partial charge in [-0.2, -0.15) is 0 Å². The van der Waals surface area contributed by atoms with E-state index in [0.29, 0.717) is 42.0 Å². The van der Waals surface area contributed by atoms with Gasteiger partial charge in [-0.15, -0.1) is 0 Å². The van der Waals surface area contributed by atoms with E-state index in [1.165, 1.54) is 11.6 Å². The lowest BCUT2D eigenvalue weighted by molar-refractivity contribution is -0.127. The number of rotatable bonds is 5. The third-order valence-corrected chi connectivity index (χ3v) is 6.99. The van der Waals surface area contributed by atoms with E-state index in [4.69, 9.17) is 11.6 Å². The Hall–Kier alpha value is -2.41. The highest BCUT2D eigenvalue weighted by molar-refractivity contribution is 6.30. The first-order valence-electron chi connectivity index (χ1n) is 11.6. The van der Waals surface area contributed by atoms with Gasteiger partial charge in [0.1, 0.15) is 5.82 Å². The number of halogens is 2. The highest BCUT2D eigenvalue weighted by Crippen LogP contribution is 2.34. The smallest absolute Gasteiger partial charge is 0.249 e. The number of anilines is 1. The van der Waals surface area contributed by atoms with Crippen molar-refractivity contribution in [2.24, 2.45) is 0 Å². The first-order chi connectivity index (χ1) is 15.8. The van der Waals surface area contributed by atoms with Crippen molar-refractivity contribution in [2.45, 2.75) is 25.9 Å². The molecule has 0 aromatic heterocycles. The lowest BCUT2D eigenvalue weighted by Crippen LogP contribution is -2.51. The lowest BCUT2D eigenvalue weighted by Gasteiger charge is -2.43. The molecule has 2 aliphatic rings. The van der Waals surface area contributed by atoms with Crippen LogP contribution in [0.5, 0.6) is 0 Å². The second kappa shape index (κ2) is 10.2. The minimum Gasteiger partial charge on any atom is -0.359 e. The maximum atomic E-state index is 14.9. The number of nitrogens with one attached hydrogen (secondary N) is 1. The van der Waals surface area contributed by atoms with E-state index in [1.807, 2.05) is 9.80 Å². The van der Waals surface area contributed by atoms with E-state index >= 15 is 0 Å². The molecule has 0 bridgehead atoms. The van der Waals surface area contributed by atoms with E-state index < -0.39 is 0 Å². The average molecular weight is 471 g/mol. The van der Waals surface area contributed by atoms with Crippen LogP contribution in [0.15, 0.2) is 54.6 Å². The van der Waals surface area contributed by atoms with Crippen LogP contribution in [-0.4, -0.2) is 61.5 Å². The van der Waals surface area contributed by atoms with Crippen molar-refractivity contribution in [2.75, 3.05) is 50.7 Å². The summed E-state index contributed by atoms with van der Waals surface area (Å²) in [4.78, 5) is 19.0. The van der Waals surface area contributed by atoms with Crippen LogP contribution in [0.25, 0.3) is 0 Å². The zero-order valence-corrected chi connectivity index (χ0v) is 20.1. The van der Waals surface area contributed by atoms with Crippen LogP contribution >= 0.6 is 11.6 Å². The second-order valence-corrected chi connectivity index (χ2v) is 9.40. The molecule has 0 radical (unpaired) electrons. The summed E-state index contributed by atoms with van der Waals surface area (Å²) in [5.74, 6) is -0.406. The Morgan fingerprint density at radius 3 is 2.45 bits per heavy atom. The van der Waals surface area contributed by atoms with Crippen LogP contribution in [-0.2, 0) is 4.79 Å². The Labute approximate surface area is 200 Å². The molecule has 1 unspecified atom stereocenters. The minimum absolute atomic E-state index is 0.0554. The minimum atomic E-state index is -0.351. The molecule has 7 heteroatoms. The van der Waals surface area contributed by atoms with Gasteiger partial charge in [-0.05, 0) is 43.2 Å². The fourth-order valence-electron chi connectivity index (χ4n) is 4.80. The summed E-state index contributed by atoms with van der Waals surface area (Å²) in [6.07, 6.45) is 0. The first-order valence-corrected chi connectivity index (χ1v) is 11.9. The molecule has 2 aromatic rings. The van der Waals surface area contributed by atoms with Crippen LogP contribution in [0.2, 0.25) is 5.02 Å². The van der Waals surface area contributed by atoms with E-state index in [0.717, 1.165) is 31.7 Å². The van der Waals surface area contributed by atoms with Crippen LogP contribution in [0.1, 0.15) is 37.1 Å². The number of hydrogen-bond acceptors (Lipinski definition) is 4. The van der Waals surface area contributed by atoms with Crippen molar-refractivity contribution < 1.29 is 9.18 Å². The van der Waals surface area contributed by atoms with Crippen molar-refractivity contribution in [1.82, 2.24) is 15.1 Å². The molecule has 2 aliphatic heterocycles. The molecular weight excluding hydrogens is 439 g/mol. The first kappa shape index (κ1) is 23.7. The van der Waals surface area contributed by atoms with Crippen molar-refractivity contribution in [1.29, 1.82) is 0 Å². The highest BCUT2D eigenvalue weighted by Gasteiger charge is 2.32. The second-order valence-electron chi connectivity index (χ2n) is 8.97. The fraction of sp³-hybridized carbons (Fsp3) is 0.423. The normalized spacial score (nSPS) is 20.5.